The Bertz CT molecular complexity index is 1800. The lowest BCUT2D eigenvalue weighted by Gasteiger charge is -2.25. The number of aliphatic hydroxyl groups excluding tert-OH is 1. The minimum absolute atomic E-state index is 0.00582. The van der Waals surface area contributed by atoms with Crippen molar-refractivity contribution in [2.75, 3.05) is 64.1 Å². The van der Waals surface area contributed by atoms with Gasteiger partial charge in [0.1, 0.15) is 36.8 Å². The summed E-state index contributed by atoms with van der Waals surface area (Å²) in [6.07, 6.45) is 0. The van der Waals surface area contributed by atoms with E-state index in [0.717, 1.165) is 29.2 Å². The first kappa shape index (κ1) is 34.6. The number of phenols is 1. The lowest BCUT2D eigenvalue weighted by Crippen LogP contribution is -2.35. The van der Waals surface area contributed by atoms with Crippen molar-refractivity contribution in [3.05, 3.63) is 64.3 Å². The van der Waals surface area contributed by atoms with E-state index >= 15 is 0 Å². The second-order valence-electron chi connectivity index (χ2n) is 10.2. The third-order valence-electron chi connectivity index (χ3n) is 6.89. The average molecular weight is 661 g/mol. The van der Waals surface area contributed by atoms with Gasteiger partial charge >= 0.3 is 17.9 Å². The predicted octanol–water partition coefficient (Wildman–Crippen LogP) is 2.30. The van der Waals surface area contributed by atoms with E-state index < -0.39 is 53.8 Å². The summed E-state index contributed by atoms with van der Waals surface area (Å²) in [6, 6.07) is 7.94. The van der Waals surface area contributed by atoms with Gasteiger partial charge in [-0.3, -0.25) is 24.1 Å². The summed E-state index contributed by atoms with van der Waals surface area (Å²) in [7, 11) is 0. The van der Waals surface area contributed by atoms with Crippen molar-refractivity contribution in [1.82, 2.24) is 4.90 Å². The first-order valence-electron chi connectivity index (χ1n) is 14.0. The van der Waals surface area contributed by atoms with Crippen LogP contribution in [-0.2, 0) is 19.1 Å². The molecule has 2 aromatic carbocycles. The molecule has 14 nitrogen and oxygen atoms in total. The van der Waals surface area contributed by atoms with Gasteiger partial charge in [0.15, 0.2) is 17.4 Å². The molecule has 0 spiro atoms. The second kappa shape index (κ2) is 15.3. The molecule has 0 radical (unpaired) electrons. The summed E-state index contributed by atoms with van der Waals surface area (Å²) in [5, 5.41) is 47.2. The number of aliphatic carboxylic acids is 3. The number of hydrogen-bond acceptors (Lipinski definition) is 11. The lowest BCUT2D eigenvalue weighted by atomic mass is 9.93. The Hall–Kier alpha value is -5.32. The minimum atomic E-state index is -1.36. The first-order valence-corrected chi connectivity index (χ1v) is 14.0. The minimum Gasteiger partial charge on any atom is -0.505 e. The zero-order valence-corrected chi connectivity index (χ0v) is 24.6. The molecule has 1 heterocycles. The largest absolute Gasteiger partial charge is 0.505 e. The Morgan fingerprint density at radius 2 is 1.53 bits per heavy atom. The molecule has 1 aliphatic heterocycles. The van der Waals surface area contributed by atoms with Crippen molar-refractivity contribution in [2.24, 2.45) is 0 Å². The Morgan fingerprint density at radius 1 is 0.830 bits per heavy atom. The number of fused-ring (bicyclic) bond motifs is 2. The van der Waals surface area contributed by atoms with E-state index in [-0.39, 0.29) is 90.9 Å². The number of rotatable bonds is 17. The third kappa shape index (κ3) is 8.69. The highest BCUT2D eigenvalue weighted by atomic mass is 19.1. The molecule has 0 atom stereocenters. The van der Waals surface area contributed by atoms with Crippen LogP contribution < -0.4 is 15.1 Å². The van der Waals surface area contributed by atoms with Gasteiger partial charge in [-0.25, -0.2) is 8.78 Å². The van der Waals surface area contributed by atoms with E-state index in [9.17, 15) is 43.3 Å². The lowest BCUT2D eigenvalue weighted by molar-refractivity contribution is -0.139. The fourth-order valence-corrected chi connectivity index (χ4v) is 4.92. The highest BCUT2D eigenvalue weighted by molar-refractivity contribution is 6.03. The number of halogens is 2. The van der Waals surface area contributed by atoms with Crippen molar-refractivity contribution >= 4 is 34.6 Å². The molecule has 4 rings (SSSR count). The molecule has 0 aromatic heterocycles. The third-order valence-corrected chi connectivity index (χ3v) is 6.89. The van der Waals surface area contributed by atoms with E-state index in [0.29, 0.717) is 0 Å². The molecule has 0 bridgehead atoms. The van der Waals surface area contributed by atoms with Gasteiger partial charge in [0.2, 0.25) is 5.43 Å². The number of ether oxygens (including phenoxy) is 2. The molecular weight excluding hydrogens is 630 g/mol. The highest BCUT2D eigenvalue weighted by Crippen LogP contribution is 2.44. The molecular formula is C31H30F2N2O12. The summed E-state index contributed by atoms with van der Waals surface area (Å²) in [5.74, 6) is -6.77. The first-order chi connectivity index (χ1) is 22.4. The quantitative estimate of drug-likeness (QED) is 0.0814. The van der Waals surface area contributed by atoms with Crippen LogP contribution in [0.3, 0.4) is 0 Å². The fourth-order valence-electron chi connectivity index (χ4n) is 4.92. The molecule has 0 saturated carbocycles. The Morgan fingerprint density at radius 3 is 2.19 bits per heavy atom. The molecule has 16 heteroatoms. The summed E-state index contributed by atoms with van der Waals surface area (Å²) in [5.41, 5.74) is -0.679. The number of carbonyl (C=O) groups is 3. The molecule has 47 heavy (non-hydrogen) atoms. The number of hydrogen-bond donors (Lipinski definition) is 5. The number of nitrogens with zero attached hydrogens (tertiary/aromatic N) is 2. The van der Waals surface area contributed by atoms with Crippen molar-refractivity contribution < 1.29 is 62.6 Å². The van der Waals surface area contributed by atoms with Crippen molar-refractivity contribution in [2.45, 2.75) is 0 Å². The molecule has 0 saturated heterocycles. The number of aliphatic hydroxyl groups is 1. The van der Waals surface area contributed by atoms with Crippen LogP contribution in [0.4, 0.5) is 14.5 Å². The van der Waals surface area contributed by atoms with Gasteiger partial charge in [-0.15, -0.1) is 0 Å². The van der Waals surface area contributed by atoms with Gasteiger partial charge in [-0.2, -0.15) is 0 Å². The van der Waals surface area contributed by atoms with Gasteiger partial charge in [0.05, 0.1) is 32.1 Å². The van der Waals surface area contributed by atoms with Gasteiger partial charge in [0.25, 0.3) is 0 Å². The van der Waals surface area contributed by atoms with Gasteiger partial charge in [-0.1, -0.05) is 6.07 Å². The number of carboxylic acid groups (broad SMARTS) is 3. The van der Waals surface area contributed by atoms with Gasteiger partial charge < -0.3 is 44.3 Å². The molecule has 250 valence electrons. The van der Waals surface area contributed by atoms with Gasteiger partial charge in [0, 0.05) is 41.7 Å². The Kier molecular flexibility index (Phi) is 11.3. The van der Waals surface area contributed by atoms with Crippen molar-refractivity contribution in [3.8, 4) is 33.9 Å². The molecule has 0 fully saturated rings. The van der Waals surface area contributed by atoms with Crippen LogP contribution >= 0.6 is 0 Å². The normalized spacial score (nSPS) is 11.3. The van der Waals surface area contributed by atoms with E-state index in [1.165, 1.54) is 23.1 Å². The topological polar surface area (TPSA) is 208 Å². The monoisotopic (exact) mass is 660 g/mol. The van der Waals surface area contributed by atoms with Crippen molar-refractivity contribution in [3.63, 3.8) is 0 Å². The SMILES string of the molecule is O=C(O)CN(CCO)CCOCCOc1ccc(-c2c3cc(F)c(=O)cc-3oc3cc(O)c(F)cc23)cc1N(CC(=O)O)CC(=O)O. The number of anilines is 1. The maximum absolute atomic E-state index is 14.6. The van der Waals surface area contributed by atoms with Crippen LogP contribution in [0.5, 0.6) is 11.5 Å². The molecule has 0 unspecified atom stereocenters. The fraction of sp³-hybridized carbons (Fsp3) is 0.290. The van der Waals surface area contributed by atoms with Crippen LogP contribution in [0.25, 0.3) is 33.4 Å². The summed E-state index contributed by atoms with van der Waals surface area (Å²) < 4.78 is 46.1. The van der Waals surface area contributed by atoms with Crippen LogP contribution in [-0.4, -0.2) is 107 Å². The number of phenolic OH excluding ortho intramolecular Hbond substituents is 1. The van der Waals surface area contributed by atoms with Crippen LogP contribution in [0.2, 0.25) is 0 Å². The van der Waals surface area contributed by atoms with E-state index in [1.54, 1.807) is 0 Å². The zero-order valence-electron chi connectivity index (χ0n) is 24.6. The molecule has 0 amide bonds. The highest BCUT2D eigenvalue weighted by Gasteiger charge is 2.24. The van der Waals surface area contributed by atoms with E-state index in [2.05, 4.69) is 0 Å². The molecule has 2 aliphatic rings. The Labute approximate surface area is 264 Å². The second-order valence-corrected chi connectivity index (χ2v) is 10.2. The predicted molar refractivity (Wildman–Crippen MR) is 161 cm³/mol. The number of carboxylic acids is 3. The summed E-state index contributed by atoms with van der Waals surface area (Å²) >= 11 is 0. The maximum Gasteiger partial charge on any atom is 0.323 e. The molecule has 2 aromatic rings. The smallest absolute Gasteiger partial charge is 0.323 e. The molecule has 1 aliphatic carbocycles. The van der Waals surface area contributed by atoms with Gasteiger partial charge in [-0.05, 0) is 29.8 Å². The number of benzene rings is 3. The average Bonchev–Trinajstić information content (AvgIpc) is 2.98. The standard InChI is InChI=1S/C31H30F2N2O12/c32-20-10-18-26(12-23(20)37)47-27-13-24(38)21(33)11-19(27)31(18)17-1-2-25(22(9-17)35(15-29(41)42)16-30(43)44)46-8-7-45-6-4-34(3-5-36)14-28(39)40/h1-2,9-13,36-37H,3-8,14-16H2,(H,39,40)(H,41,42)(H,43,44). The van der Waals surface area contributed by atoms with Crippen molar-refractivity contribution in [1.29, 1.82) is 0 Å². The van der Waals surface area contributed by atoms with E-state index in [4.69, 9.17) is 24.1 Å². The zero-order chi connectivity index (χ0) is 34.2. The molecule has 5 N–H and O–H groups in total. The van der Waals surface area contributed by atoms with Crippen LogP contribution in [0, 0.1) is 11.6 Å². The Balaban J connectivity index is 1.73. The maximum atomic E-state index is 14.6. The summed E-state index contributed by atoms with van der Waals surface area (Å²) in [6.45, 7) is -1.75. The summed E-state index contributed by atoms with van der Waals surface area (Å²) in [4.78, 5) is 49.0. The number of aromatic hydroxyl groups is 1. The van der Waals surface area contributed by atoms with E-state index in [1.807, 2.05) is 0 Å². The van der Waals surface area contributed by atoms with Crippen LogP contribution in [0.1, 0.15) is 0 Å². The van der Waals surface area contributed by atoms with Crippen LogP contribution in [0.15, 0.2) is 51.7 Å².